The molecule has 0 atom stereocenters. The van der Waals surface area contributed by atoms with Gasteiger partial charge in [-0.3, -0.25) is 4.79 Å². The lowest BCUT2D eigenvalue weighted by molar-refractivity contribution is -0.143. The Labute approximate surface area is 85.9 Å². The fraction of sp³-hybridized carbons (Fsp3) is 0.900. The summed E-state index contributed by atoms with van der Waals surface area (Å²) in [6.07, 6.45) is 2.24. The van der Waals surface area contributed by atoms with E-state index in [0.29, 0.717) is 13.0 Å². The van der Waals surface area contributed by atoms with Gasteiger partial charge in [0.05, 0.1) is 13.0 Å². The van der Waals surface area contributed by atoms with Crippen molar-refractivity contribution in [2.45, 2.75) is 26.2 Å². The third-order valence-corrected chi connectivity index (χ3v) is 1.95. The number of ether oxygens (including phenoxy) is 1. The molecule has 0 aromatic carbocycles. The fourth-order valence-corrected chi connectivity index (χ4v) is 1.12. The molecule has 4 nitrogen and oxygen atoms in total. The van der Waals surface area contributed by atoms with Crippen LogP contribution < -0.4 is 0 Å². The Balaban J connectivity index is 3.33. The van der Waals surface area contributed by atoms with Crippen molar-refractivity contribution >= 4 is 5.97 Å². The monoisotopic (exact) mass is 203 g/mol. The van der Waals surface area contributed by atoms with E-state index >= 15 is 0 Å². The molecule has 0 saturated heterocycles. The average Bonchev–Trinajstić information content (AvgIpc) is 2.16. The molecule has 0 amide bonds. The molecule has 1 N–H and O–H groups in total. The molecule has 0 heterocycles. The minimum absolute atomic E-state index is 0.137. The lowest BCUT2D eigenvalue weighted by Crippen LogP contribution is -2.23. The molecule has 0 aliphatic carbocycles. The summed E-state index contributed by atoms with van der Waals surface area (Å²) >= 11 is 0. The zero-order valence-corrected chi connectivity index (χ0v) is 9.16. The molecule has 0 radical (unpaired) electrons. The number of rotatable bonds is 8. The maximum Gasteiger partial charge on any atom is 0.307 e. The second kappa shape index (κ2) is 8.97. The third-order valence-electron chi connectivity index (χ3n) is 1.95. The largest absolute Gasteiger partial charge is 0.466 e. The van der Waals surface area contributed by atoms with Gasteiger partial charge in [0.15, 0.2) is 0 Å². The topological polar surface area (TPSA) is 49.8 Å². The van der Waals surface area contributed by atoms with Crippen LogP contribution in [0, 0.1) is 0 Å². The summed E-state index contributed by atoms with van der Waals surface area (Å²) in [4.78, 5) is 13.1. The summed E-state index contributed by atoms with van der Waals surface area (Å²) in [6, 6.07) is 0. The molecule has 0 bridgehead atoms. The maximum atomic E-state index is 11.0. The van der Waals surface area contributed by atoms with Gasteiger partial charge in [0.1, 0.15) is 0 Å². The summed E-state index contributed by atoms with van der Waals surface area (Å²) in [7, 11) is 1.97. The quantitative estimate of drug-likeness (QED) is 0.464. The Morgan fingerprint density at radius 1 is 1.36 bits per heavy atom. The first kappa shape index (κ1) is 13.4. The van der Waals surface area contributed by atoms with Crippen molar-refractivity contribution in [1.29, 1.82) is 0 Å². The molecular weight excluding hydrogens is 182 g/mol. The molecule has 0 fully saturated rings. The van der Waals surface area contributed by atoms with Crippen molar-refractivity contribution in [2.24, 2.45) is 0 Å². The van der Waals surface area contributed by atoms with Gasteiger partial charge in [0.2, 0.25) is 0 Å². The van der Waals surface area contributed by atoms with E-state index in [1.54, 1.807) is 0 Å². The van der Waals surface area contributed by atoms with Crippen molar-refractivity contribution < 1.29 is 14.6 Å². The van der Waals surface area contributed by atoms with Crippen molar-refractivity contribution in [1.82, 2.24) is 4.90 Å². The van der Waals surface area contributed by atoms with E-state index in [0.717, 1.165) is 25.9 Å². The third kappa shape index (κ3) is 8.01. The first-order valence-electron chi connectivity index (χ1n) is 5.15. The molecule has 0 spiro atoms. The molecular formula is C10H21NO3. The number of aliphatic hydroxyl groups excluding tert-OH is 1. The van der Waals surface area contributed by atoms with E-state index in [4.69, 9.17) is 9.84 Å². The van der Waals surface area contributed by atoms with Gasteiger partial charge in [-0.05, 0) is 33.4 Å². The molecule has 0 aliphatic rings. The van der Waals surface area contributed by atoms with Gasteiger partial charge >= 0.3 is 5.97 Å². The molecule has 0 aromatic rings. The van der Waals surface area contributed by atoms with Crippen LogP contribution in [-0.2, 0) is 9.53 Å². The lowest BCUT2D eigenvalue weighted by Gasteiger charge is -2.15. The first-order chi connectivity index (χ1) is 6.70. The van der Waals surface area contributed by atoms with Gasteiger partial charge in [0, 0.05) is 13.2 Å². The predicted molar refractivity (Wildman–Crippen MR) is 55.1 cm³/mol. The van der Waals surface area contributed by atoms with Gasteiger partial charge < -0.3 is 14.7 Å². The zero-order valence-electron chi connectivity index (χ0n) is 9.16. The SMILES string of the molecule is CCOC(=O)CCN(C)CCCCO. The van der Waals surface area contributed by atoms with Crippen molar-refractivity contribution in [3.05, 3.63) is 0 Å². The number of carbonyl (C=O) groups is 1. The summed E-state index contributed by atoms with van der Waals surface area (Å²) in [6.45, 7) is 4.14. The summed E-state index contributed by atoms with van der Waals surface area (Å²) in [5.74, 6) is -0.137. The molecule has 0 unspecified atom stereocenters. The van der Waals surface area contributed by atoms with Crippen LogP contribution in [0.15, 0.2) is 0 Å². The predicted octanol–water partition coefficient (Wildman–Crippen LogP) is 0.644. The normalized spacial score (nSPS) is 10.6. The number of carbonyl (C=O) groups excluding carboxylic acids is 1. The van der Waals surface area contributed by atoms with Crippen LogP contribution in [0.25, 0.3) is 0 Å². The minimum atomic E-state index is -0.137. The van der Waals surface area contributed by atoms with Crippen LogP contribution >= 0.6 is 0 Å². The molecule has 0 aliphatic heterocycles. The molecule has 4 heteroatoms. The van der Waals surface area contributed by atoms with Gasteiger partial charge in [-0.15, -0.1) is 0 Å². The Bertz CT molecular complexity index is 150. The van der Waals surface area contributed by atoms with E-state index in [1.165, 1.54) is 0 Å². The number of aliphatic hydroxyl groups is 1. The highest BCUT2D eigenvalue weighted by Gasteiger charge is 2.04. The first-order valence-corrected chi connectivity index (χ1v) is 5.15. The molecule has 0 rings (SSSR count). The van der Waals surface area contributed by atoms with E-state index in [-0.39, 0.29) is 12.6 Å². The summed E-state index contributed by atoms with van der Waals surface area (Å²) in [5.41, 5.74) is 0. The smallest absolute Gasteiger partial charge is 0.307 e. The number of unbranched alkanes of at least 4 members (excludes halogenated alkanes) is 1. The van der Waals surface area contributed by atoms with Crippen LogP contribution in [0.3, 0.4) is 0 Å². The van der Waals surface area contributed by atoms with E-state index in [2.05, 4.69) is 4.90 Å². The van der Waals surface area contributed by atoms with Crippen molar-refractivity contribution in [3.8, 4) is 0 Å². The van der Waals surface area contributed by atoms with Gasteiger partial charge in [-0.1, -0.05) is 0 Å². The molecule has 84 valence electrons. The Hall–Kier alpha value is -0.610. The van der Waals surface area contributed by atoms with Crippen molar-refractivity contribution in [3.63, 3.8) is 0 Å². The highest BCUT2D eigenvalue weighted by Crippen LogP contribution is 1.95. The second-order valence-corrected chi connectivity index (χ2v) is 3.29. The van der Waals surface area contributed by atoms with Crippen LogP contribution in [-0.4, -0.2) is 49.3 Å². The van der Waals surface area contributed by atoms with E-state index in [9.17, 15) is 4.79 Å². The maximum absolute atomic E-state index is 11.0. The highest BCUT2D eigenvalue weighted by molar-refractivity contribution is 5.69. The van der Waals surface area contributed by atoms with Crippen LogP contribution in [0.1, 0.15) is 26.2 Å². The standard InChI is InChI=1S/C10H21NO3/c1-3-14-10(13)6-8-11(2)7-4-5-9-12/h12H,3-9H2,1-2H3. The average molecular weight is 203 g/mol. The fourth-order valence-electron chi connectivity index (χ4n) is 1.12. The Morgan fingerprint density at radius 2 is 2.07 bits per heavy atom. The molecule has 0 saturated carbocycles. The number of esters is 1. The Kier molecular flexibility index (Phi) is 8.57. The number of nitrogens with zero attached hydrogens (tertiary/aromatic N) is 1. The van der Waals surface area contributed by atoms with Gasteiger partial charge in [-0.25, -0.2) is 0 Å². The van der Waals surface area contributed by atoms with Crippen LogP contribution in [0.5, 0.6) is 0 Å². The lowest BCUT2D eigenvalue weighted by atomic mass is 10.3. The molecule has 0 aromatic heterocycles. The highest BCUT2D eigenvalue weighted by atomic mass is 16.5. The zero-order chi connectivity index (χ0) is 10.8. The number of hydrogen-bond donors (Lipinski definition) is 1. The molecule has 14 heavy (non-hydrogen) atoms. The van der Waals surface area contributed by atoms with Gasteiger partial charge in [-0.2, -0.15) is 0 Å². The minimum Gasteiger partial charge on any atom is -0.466 e. The number of hydrogen-bond acceptors (Lipinski definition) is 4. The van der Waals surface area contributed by atoms with Gasteiger partial charge in [0.25, 0.3) is 0 Å². The van der Waals surface area contributed by atoms with Crippen LogP contribution in [0.4, 0.5) is 0 Å². The summed E-state index contributed by atoms with van der Waals surface area (Å²) in [5, 5.41) is 8.57. The van der Waals surface area contributed by atoms with Crippen LogP contribution in [0.2, 0.25) is 0 Å². The van der Waals surface area contributed by atoms with Crippen molar-refractivity contribution in [2.75, 3.05) is 33.4 Å². The second-order valence-electron chi connectivity index (χ2n) is 3.29. The summed E-state index contributed by atoms with van der Waals surface area (Å²) < 4.78 is 4.81. The van der Waals surface area contributed by atoms with E-state index in [1.807, 2.05) is 14.0 Å². The van der Waals surface area contributed by atoms with E-state index < -0.39 is 0 Å². The Morgan fingerprint density at radius 3 is 2.64 bits per heavy atom.